The van der Waals surface area contributed by atoms with Crippen LogP contribution in [0.2, 0.25) is 5.02 Å². The van der Waals surface area contributed by atoms with Crippen LogP contribution in [0.5, 0.6) is 0 Å². The molecule has 0 radical (unpaired) electrons. The van der Waals surface area contributed by atoms with Gasteiger partial charge in [0.05, 0.1) is 0 Å². The zero-order valence-corrected chi connectivity index (χ0v) is 14.2. The van der Waals surface area contributed by atoms with Crippen LogP contribution < -0.4 is 5.32 Å². The summed E-state index contributed by atoms with van der Waals surface area (Å²) < 4.78 is 0. The standard InChI is InChI=1S/C13H20ClN3.HI/c1-4-15-13(16-5-2)17(3)10-11-8-6-7-9-12(11)14;/h6-9H,4-5,10H2,1-3H3,(H,15,16);1H. The average Bonchev–Trinajstić information content (AvgIpc) is 2.32. The molecular formula is C13H21ClIN3. The number of rotatable bonds is 4. The maximum atomic E-state index is 6.14. The van der Waals surface area contributed by atoms with Gasteiger partial charge in [0.1, 0.15) is 0 Å². The molecule has 1 rings (SSSR count). The monoisotopic (exact) mass is 381 g/mol. The minimum Gasteiger partial charge on any atom is -0.357 e. The van der Waals surface area contributed by atoms with E-state index in [1.54, 1.807) is 0 Å². The van der Waals surface area contributed by atoms with Crippen molar-refractivity contribution in [2.45, 2.75) is 20.4 Å². The largest absolute Gasteiger partial charge is 0.357 e. The molecule has 0 saturated carbocycles. The summed E-state index contributed by atoms with van der Waals surface area (Å²) >= 11 is 6.14. The Bertz CT molecular complexity index is 382. The van der Waals surface area contributed by atoms with Crippen molar-refractivity contribution in [3.63, 3.8) is 0 Å². The molecule has 1 N–H and O–H groups in total. The molecule has 0 unspecified atom stereocenters. The molecule has 0 atom stereocenters. The molecule has 0 aliphatic heterocycles. The molecule has 0 spiro atoms. The van der Waals surface area contributed by atoms with Gasteiger partial charge < -0.3 is 10.2 Å². The summed E-state index contributed by atoms with van der Waals surface area (Å²) in [5, 5.41) is 4.05. The first kappa shape index (κ1) is 17.5. The van der Waals surface area contributed by atoms with E-state index >= 15 is 0 Å². The molecule has 0 heterocycles. The molecule has 0 fully saturated rings. The summed E-state index contributed by atoms with van der Waals surface area (Å²) in [5.74, 6) is 0.912. The highest BCUT2D eigenvalue weighted by Gasteiger charge is 2.07. The lowest BCUT2D eigenvalue weighted by Crippen LogP contribution is -2.38. The summed E-state index contributed by atoms with van der Waals surface area (Å²) in [6, 6.07) is 7.89. The summed E-state index contributed by atoms with van der Waals surface area (Å²) in [7, 11) is 2.01. The van der Waals surface area contributed by atoms with Gasteiger partial charge in [-0.05, 0) is 25.5 Å². The van der Waals surface area contributed by atoms with Gasteiger partial charge in [0, 0.05) is 31.7 Å². The van der Waals surface area contributed by atoms with Crippen molar-refractivity contribution >= 4 is 41.5 Å². The lowest BCUT2D eigenvalue weighted by molar-refractivity contribution is 0.477. The van der Waals surface area contributed by atoms with Crippen molar-refractivity contribution in [3.8, 4) is 0 Å². The third kappa shape index (κ3) is 5.44. The Balaban J connectivity index is 0.00000289. The predicted molar refractivity (Wildman–Crippen MR) is 90.0 cm³/mol. The summed E-state index contributed by atoms with van der Waals surface area (Å²) in [6.45, 7) is 6.49. The Morgan fingerprint density at radius 1 is 1.33 bits per heavy atom. The van der Waals surface area contributed by atoms with Crippen LogP contribution >= 0.6 is 35.6 Å². The van der Waals surface area contributed by atoms with Gasteiger partial charge in [0.15, 0.2) is 5.96 Å². The Morgan fingerprint density at radius 3 is 2.56 bits per heavy atom. The first-order chi connectivity index (χ1) is 8.19. The second-order valence-electron chi connectivity index (χ2n) is 3.78. The van der Waals surface area contributed by atoms with Gasteiger partial charge in [-0.1, -0.05) is 29.8 Å². The zero-order valence-electron chi connectivity index (χ0n) is 11.1. The molecule has 0 bridgehead atoms. The van der Waals surface area contributed by atoms with E-state index in [0.717, 1.165) is 36.2 Å². The molecule has 18 heavy (non-hydrogen) atoms. The third-order valence-corrected chi connectivity index (χ3v) is 2.74. The van der Waals surface area contributed by atoms with E-state index in [-0.39, 0.29) is 24.0 Å². The number of aliphatic imine (C=N–C) groups is 1. The van der Waals surface area contributed by atoms with Crippen LogP contribution in [0.1, 0.15) is 19.4 Å². The smallest absolute Gasteiger partial charge is 0.193 e. The molecule has 3 nitrogen and oxygen atoms in total. The van der Waals surface area contributed by atoms with Gasteiger partial charge in [-0.2, -0.15) is 0 Å². The van der Waals surface area contributed by atoms with Crippen LogP contribution in [-0.2, 0) is 6.54 Å². The lowest BCUT2D eigenvalue weighted by atomic mass is 10.2. The number of hydrogen-bond acceptors (Lipinski definition) is 1. The van der Waals surface area contributed by atoms with Crippen LogP contribution in [0.15, 0.2) is 29.3 Å². The summed E-state index contributed by atoms with van der Waals surface area (Å²) in [4.78, 5) is 6.51. The number of guanidine groups is 1. The normalized spacial score (nSPS) is 10.8. The first-order valence-electron chi connectivity index (χ1n) is 5.91. The fourth-order valence-corrected chi connectivity index (χ4v) is 1.77. The molecule has 5 heteroatoms. The summed E-state index contributed by atoms with van der Waals surface area (Å²) in [5.41, 5.74) is 1.11. The molecule has 0 aliphatic rings. The van der Waals surface area contributed by atoms with Crippen LogP contribution in [0.3, 0.4) is 0 Å². The van der Waals surface area contributed by atoms with Gasteiger partial charge in [-0.15, -0.1) is 24.0 Å². The minimum absolute atomic E-state index is 0. The number of hydrogen-bond donors (Lipinski definition) is 1. The van der Waals surface area contributed by atoms with Crippen LogP contribution in [-0.4, -0.2) is 31.0 Å². The molecule has 1 aromatic carbocycles. The number of benzene rings is 1. The minimum atomic E-state index is 0. The van der Waals surface area contributed by atoms with Crippen molar-refractivity contribution in [2.75, 3.05) is 20.1 Å². The van der Waals surface area contributed by atoms with E-state index in [1.165, 1.54) is 0 Å². The molecule has 0 aliphatic carbocycles. The van der Waals surface area contributed by atoms with E-state index in [4.69, 9.17) is 11.6 Å². The Labute approximate surface area is 132 Å². The fourth-order valence-electron chi connectivity index (χ4n) is 1.58. The Morgan fingerprint density at radius 2 is 2.00 bits per heavy atom. The van der Waals surface area contributed by atoms with Crippen molar-refractivity contribution in [3.05, 3.63) is 34.9 Å². The maximum absolute atomic E-state index is 6.14. The van der Waals surface area contributed by atoms with Crippen LogP contribution in [0.4, 0.5) is 0 Å². The van der Waals surface area contributed by atoms with Gasteiger partial charge in [-0.3, -0.25) is 4.99 Å². The van der Waals surface area contributed by atoms with Crippen molar-refractivity contribution in [1.82, 2.24) is 10.2 Å². The summed E-state index contributed by atoms with van der Waals surface area (Å²) in [6.07, 6.45) is 0. The molecule has 0 amide bonds. The zero-order chi connectivity index (χ0) is 12.7. The molecule has 0 aromatic heterocycles. The van der Waals surface area contributed by atoms with E-state index in [9.17, 15) is 0 Å². The number of halogens is 2. The maximum Gasteiger partial charge on any atom is 0.193 e. The topological polar surface area (TPSA) is 27.6 Å². The Hall–Kier alpha value is -0.490. The number of nitrogens with one attached hydrogen (secondary N) is 1. The van der Waals surface area contributed by atoms with E-state index < -0.39 is 0 Å². The highest BCUT2D eigenvalue weighted by molar-refractivity contribution is 14.0. The average molecular weight is 382 g/mol. The van der Waals surface area contributed by atoms with E-state index in [0.29, 0.717) is 0 Å². The first-order valence-corrected chi connectivity index (χ1v) is 6.29. The quantitative estimate of drug-likeness (QED) is 0.492. The number of nitrogens with zero attached hydrogens (tertiary/aromatic N) is 2. The van der Waals surface area contributed by atoms with Gasteiger partial charge in [0.2, 0.25) is 0 Å². The van der Waals surface area contributed by atoms with Gasteiger partial charge in [-0.25, -0.2) is 0 Å². The molecule has 1 aromatic rings. The van der Waals surface area contributed by atoms with Gasteiger partial charge in [0.25, 0.3) is 0 Å². The second kappa shape index (κ2) is 9.44. The van der Waals surface area contributed by atoms with Crippen molar-refractivity contribution < 1.29 is 0 Å². The van der Waals surface area contributed by atoms with Crippen molar-refractivity contribution in [2.24, 2.45) is 4.99 Å². The second-order valence-corrected chi connectivity index (χ2v) is 4.18. The molecular weight excluding hydrogens is 361 g/mol. The molecule has 102 valence electrons. The van der Waals surface area contributed by atoms with Crippen LogP contribution in [0.25, 0.3) is 0 Å². The highest BCUT2D eigenvalue weighted by atomic mass is 127. The predicted octanol–water partition coefficient (Wildman–Crippen LogP) is 3.38. The SMILES string of the molecule is CCN=C(NCC)N(C)Cc1ccccc1Cl.I. The fraction of sp³-hybridized carbons (Fsp3) is 0.462. The highest BCUT2D eigenvalue weighted by Crippen LogP contribution is 2.16. The van der Waals surface area contributed by atoms with E-state index in [2.05, 4.69) is 22.1 Å². The van der Waals surface area contributed by atoms with E-state index in [1.807, 2.05) is 38.2 Å². The van der Waals surface area contributed by atoms with Crippen LogP contribution in [0, 0.1) is 0 Å². The van der Waals surface area contributed by atoms with Crippen molar-refractivity contribution in [1.29, 1.82) is 0 Å². The third-order valence-electron chi connectivity index (χ3n) is 2.37. The molecule has 0 saturated heterocycles. The van der Waals surface area contributed by atoms with Gasteiger partial charge >= 0.3 is 0 Å². The Kier molecular flexibility index (Phi) is 9.18. The lowest BCUT2D eigenvalue weighted by Gasteiger charge is -2.22.